The summed E-state index contributed by atoms with van der Waals surface area (Å²) < 4.78 is 0. The quantitative estimate of drug-likeness (QED) is 0.385. The van der Waals surface area contributed by atoms with Crippen molar-refractivity contribution in [2.75, 3.05) is 0 Å². The topological polar surface area (TPSA) is 40.5 Å². The van der Waals surface area contributed by atoms with Gasteiger partial charge in [0.05, 0.1) is 0 Å². The average Bonchev–Trinajstić information content (AvgIpc) is 2.40. The molecular formula is C16H14O2S. The Labute approximate surface area is 117 Å². The zero-order chi connectivity index (χ0) is 13.8. The summed E-state index contributed by atoms with van der Waals surface area (Å²) in [7, 11) is 0. The van der Waals surface area contributed by atoms with Crippen LogP contribution in [0.3, 0.4) is 0 Å². The smallest absolute Gasteiger partial charge is 0.157 e. The summed E-state index contributed by atoms with van der Waals surface area (Å²) in [6, 6.07) is 12.6. The molecule has 0 spiro atoms. The summed E-state index contributed by atoms with van der Waals surface area (Å²) in [6.45, 7) is 2.03. The van der Waals surface area contributed by atoms with Crippen LogP contribution in [-0.4, -0.2) is 15.1 Å². The first kappa shape index (κ1) is 13.3. The number of phenolic OH excluding ortho intramolecular Hbond substituents is 2. The lowest BCUT2D eigenvalue weighted by Crippen LogP contribution is -1.91. The molecule has 3 heteroatoms. The standard InChI is InChI=1S/C16H14O2S/c1-11-2-6-13(7-3-11)16(19)9-5-12-4-8-14(17)15(18)10-12/h2-10,17-18H,1H3. The Bertz CT molecular complexity index is 628. The second kappa shape index (κ2) is 5.67. The first-order chi connectivity index (χ1) is 9.06. The molecule has 2 rings (SSSR count). The van der Waals surface area contributed by atoms with E-state index >= 15 is 0 Å². The average molecular weight is 270 g/mol. The van der Waals surface area contributed by atoms with E-state index in [0.29, 0.717) is 0 Å². The lowest BCUT2D eigenvalue weighted by atomic mass is 10.1. The molecule has 96 valence electrons. The first-order valence-corrected chi connectivity index (χ1v) is 6.28. The predicted octanol–water partition coefficient (Wildman–Crippen LogP) is 3.84. The number of rotatable bonds is 3. The number of phenols is 2. The van der Waals surface area contributed by atoms with Gasteiger partial charge in [-0.1, -0.05) is 54.2 Å². The van der Waals surface area contributed by atoms with Gasteiger partial charge in [0.25, 0.3) is 0 Å². The van der Waals surface area contributed by atoms with Crippen molar-refractivity contribution in [1.29, 1.82) is 0 Å². The summed E-state index contributed by atoms with van der Waals surface area (Å²) in [5.41, 5.74) is 2.96. The minimum Gasteiger partial charge on any atom is -0.504 e. The van der Waals surface area contributed by atoms with Crippen LogP contribution in [0.25, 0.3) is 6.08 Å². The van der Waals surface area contributed by atoms with Crippen molar-refractivity contribution in [3.8, 4) is 11.5 Å². The van der Waals surface area contributed by atoms with Gasteiger partial charge >= 0.3 is 0 Å². The highest BCUT2D eigenvalue weighted by molar-refractivity contribution is 7.81. The van der Waals surface area contributed by atoms with Crippen molar-refractivity contribution in [3.63, 3.8) is 0 Å². The molecule has 0 aliphatic heterocycles. The zero-order valence-electron chi connectivity index (χ0n) is 10.5. The fourth-order valence-electron chi connectivity index (χ4n) is 1.63. The highest BCUT2D eigenvalue weighted by Gasteiger charge is 1.99. The first-order valence-electron chi connectivity index (χ1n) is 5.87. The molecule has 0 heterocycles. The van der Waals surface area contributed by atoms with E-state index in [2.05, 4.69) is 0 Å². The van der Waals surface area contributed by atoms with Gasteiger partial charge in [0.1, 0.15) is 0 Å². The monoisotopic (exact) mass is 270 g/mol. The van der Waals surface area contributed by atoms with Crippen LogP contribution in [0.2, 0.25) is 0 Å². The summed E-state index contributed by atoms with van der Waals surface area (Å²) in [6.07, 6.45) is 3.62. The van der Waals surface area contributed by atoms with Crippen LogP contribution in [0.4, 0.5) is 0 Å². The molecule has 0 aliphatic rings. The van der Waals surface area contributed by atoms with E-state index < -0.39 is 0 Å². The van der Waals surface area contributed by atoms with E-state index in [0.717, 1.165) is 16.0 Å². The summed E-state index contributed by atoms with van der Waals surface area (Å²) >= 11 is 5.32. The van der Waals surface area contributed by atoms with Crippen molar-refractivity contribution in [1.82, 2.24) is 0 Å². The second-order valence-electron chi connectivity index (χ2n) is 4.31. The van der Waals surface area contributed by atoms with Gasteiger partial charge in [0.2, 0.25) is 0 Å². The molecule has 0 saturated heterocycles. The van der Waals surface area contributed by atoms with E-state index in [1.54, 1.807) is 12.1 Å². The molecule has 2 nitrogen and oxygen atoms in total. The second-order valence-corrected chi connectivity index (χ2v) is 4.75. The third-order valence-electron chi connectivity index (χ3n) is 2.76. The van der Waals surface area contributed by atoms with Gasteiger partial charge in [0.15, 0.2) is 11.5 Å². The van der Waals surface area contributed by atoms with E-state index in [1.807, 2.05) is 37.3 Å². The molecule has 2 aromatic rings. The maximum Gasteiger partial charge on any atom is 0.157 e. The summed E-state index contributed by atoms with van der Waals surface area (Å²) in [5, 5.41) is 18.6. The Morgan fingerprint density at radius 2 is 1.68 bits per heavy atom. The molecule has 0 saturated carbocycles. The highest BCUT2D eigenvalue weighted by Crippen LogP contribution is 2.25. The summed E-state index contributed by atoms with van der Waals surface area (Å²) in [4.78, 5) is 0.729. The molecule has 2 aromatic carbocycles. The maximum absolute atomic E-state index is 9.40. The van der Waals surface area contributed by atoms with Crippen LogP contribution < -0.4 is 0 Å². The van der Waals surface area contributed by atoms with Crippen LogP contribution >= 0.6 is 12.2 Å². The van der Waals surface area contributed by atoms with Crippen molar-refractivity contribution in [2.45, 2.75) is 6.92 Å². The van der Waals surface area contributed by atoms with Gasteiger partial charge in [-0.25, -0.2) is 0 Å². The minimum atomic E-state index is -0.136. The van der Waals surface area contributed by atoms with Crippen molar-refractivity contribution in [3.05, 3.63) is 65.2 Å². The predicted molar refractivity (Wildman–Crippen MR) is 81.7 cm³/mol. The number of thiocarbonyl (C=S) groups is 1. The van der Waals surface area contributed by atoms with Crippen LogP contribution in [0.1, 0.15) is 16.7 Å². The zero-order valence-corrected chi connectivity index (χ0v) is 11.3. The number of hydrogen-bond donors (Lipinski definition) is 2. The minimum absolute atomic E-state index is 0.127. The van der Waals surface area contributed by atoms with E-state index in [9.17, 15) is 10.2 Å². The number of benzene rings is 2. The maximum atomic E-state index is 9.40. The molecule has 2 N–H and O–H groups in total. The van der Waals surface area contributed by atoms with E-state index in [4.69, 9.17) is 12.2 Å². The van der Waals surface area contributed by atoms with Gasteiger partial charge in [0, 0.05) is 4.86 Å². The summed E-state index contributed by atoms with van der Waals surface area (Å²) in [5.74, 6) is -0.262. The lowest BCUT2D eigenvalue weighted by molar-refractivity contribution is 0.403. The Morgan fingerprint density at radius 1 is 1.00 bits per heavy atom. The van der Waals surface area contributed by atoms with Crippen LogP contribution in [-0.2, 0) is 0 Å². The number of aryl methyl sites for hydroxylation is 1. The normalized spacial score (nSPS) is 10.8. The van der Waals surface area contributed by atoms with Crippen LogP contribution in [0, 0.1) is 6.92 Å². The molecule has 0 unspecified atom stereocenters. The third-order valence-corrected chi connectivity index (χ3v) is 3.13. The number of hydrogen-bond acceptors (Lipinski definition) is 3. The Kier molecular flexibility index (Phi) is 3.97. The van der Waals surface area contributed by atoms with E-state index in [-0.39, 0.29) is 11.5 Å². The van der Waals surface area contributed by atoms with Gasteiger partial charge in [-0.05, 0) is 36.3 Å². The van der Waals surface area contributed by atoms with Gasteiger partial charge < -0.3 is 10.2 Å². The number of allylic oxidation sites excluding steroid dienone is 1. The molecule has 0 aliphatic carbocycles. The molecule has 0 aromatic heterocycles. The SMILES string of the molecule is Cc1ccc(C(=S)C=Cc2ccc(O)c(O)c2)cc1. The van der Waals surface area contributed by atoms with Crippen molar-refractivity contribution >= 4 is 23.2 Å². The van der Waals surface area contributed by atoms with Gasteiger partial charge in [-0.2, -0.15) is 0 Å². The molecule has 0 atom stereocenters. The van der Waals surface area contributed by atoms with Crippen molar-refractivity contribution in [2.24, 2.45) is 0 Å². The Morgan fingerprint density at radius 3 is 2.32 bits per heavy atom. The number of aromatic hydroxyl groups is 2. The van der Waals surface area contributed by atoms with E-state index in [1.165, 1.54) is 17.7 Å². The molecule has 0 radical (unpaired) electrons. The third kappa shape index (κ3) is 3.42. The van der Waals surface area contributed by atoms with Gasteiger partial charge in [-0.3, -0.25) is 0 Å². The lowest BCUT2D eigenvalue weighted by Gasteiger charge is -2.01. The van der Waals surface area contributed by atoms with Gasteiger partial charge in [-0.15, -0.1) is 0 Å². The molecular weight excluding hydrogens is 256 g/mol. The van der Waals surface area contributed by atoms with Crippen LogP contribution in [0.15, 0.2) is 48.5 Å². The fraction of sp³-hybridized carbons (Fsp3) is 0.0625. The fourth-order valence-corrected chi connectivity index (χ4v) is 1.83. The van der Waals surface area contributed by atoms with Crippen molar-refractivity contribution < 1.29 is 10.2 Å². The Balaban J connectivity index is 2.15. The molecule has 0 bridgehead atoms. The molecule has 19 heavy (non-hydrogen) atoms. The Hall–Kier alpha value is -2.13. The van der Waals surface area contributed by atoms with Crippen LogP contribution in [0.5, 0.6) is 11.5 Å². The largest absolute Gasteiger partial charge is 0.504 e. The highest BCUT2D eigenvalue weighted by atomic mass is 32.1. The molecule has 0 amide bonds. The molecule has 0 fully saturated rings.